The summed E-state index contributed by atoms with van der Waals surface area (Å²) in [6.45, 7) is 0. The first-order valence-corrected chi connectivity index (χ1v) is 5.72. The van der Waals surface area contributed by atoms with Gasteiger partial charge in [0.2, 0.25) is 5.95 Å². The zero-order valence-electron chi connectivity index (χ0n) is 10.1. The molecule has 0 spiro atoms. The van der Waals surface area contributed by atoms with Gasteiger partial charge in [-0.2, -0.15) is 9.97 Å². The topological polar surface area (TPSA) is 111 Å². The van der Waals surface area contributed by atoms with Crippen LogP contribution in [0, 0.1) is 0 Å². The van der Waals surface area contributed by atoms with Crippen LogP contribution in [0.15, 0.2) is 24.3 Å². The summed E-state index contributed by atoms with van der Waals surface area (Å²) in [4.78, 5) is 7.92. The molecular weight excluding hydrogens is 268 g/mol. The maximum atomic E-state index is 6.03. The second-order valence-electron chi connectivity index (χ2n) is 3.62. The zero-order valence-corrected chi connectivity index (χ0v) is 10.9. The average Bonchev–Trinajstić information content (AvgIpc) is 2.38. The number of benzene rings is 1. The van der Waals surface area contributed by atoms with Crippen molar-refractivity contribution in [1.82, 2.24) is 9.97 Å². The summed E-state index contributed by atoms with van der Waals surface area (Å²) < 4.78 is 5.07. The molecule has 19 heavy (non-hydrogen) atoms. The Morgan fingerprint density at radius 2 is 1.95 bits per heavy atom. The predicted molar refractivity (Wildman–Crippen MR) is 75.5 cm³/mol. The highest BCUT2D eigenvalue weighted by molar-refractivity contribution is 6.32. The highest BCUT2D eigenvalue weighted by Crippen LogP contribution is 2.28. The standard InChI is InChI=1S/C11H13ClN6O/c1-19-8-3-2-6(4-7(8)12)15-9-5-10(18-14)17-11(13)16-9/h2-5H,14H2,1H3,(H4,13,15,16,17,18). The SMILES string of the molecule is COc1ccc(Nc2cc(NN)nc(N)n2)cc1Cl. The number of hydrogen-bond donors (Lipinski definition) is 4. The molecule has 1 heterocycles. The normalized spacial score (nSPS) is 10.1. The lowest BCUT2D eigenvalue weighted by Crippen LogP contribution is -2.11. The molecule has 100 valence electrons. The second-order valence-corrected chi connectivity index (χ2v) is 4.02. The summed E-state index contributed by atoms with van der Waals surface area (Å²) in [6.07, 6.45) is 0. The lowest BCUT2D eigenvalue weighted by atomic mass is 10.3. The van der Waals surface area contributed by atoms with Gasteiger partial charge in [0.15, 0.2) is 0 Å². The first-order chi connectivity index (χ1) is 9.12. The summed E-state index contributed by atoms with van der Waals surface area (Å²) in [5, 5.41) is 3.54. The number of anilines is 4. The number of hydrogen-bond acceptors (Lipinski definition) is 7. The van der Waals surface area contributed by atoms with Gasteiger partial charge in [-0.3, -0.25) is 0 Å². The number of aromatic nitrogens is 2. The van der Waals surface area contributed by atoms with Crippen molar-refractivity contribution in [2.24, 2.45) is 5.84 Å². The Hall–Kier alpha value is -2.25. The molecule has 0 unspecified atom stereocenters. The molecule has 6 N–H and O–H groups in total. The summed E-state index contributed by atoms with van der Waals surface area (Å²) in [7, 11) is 1.55. The van der Waals surface area contributed by atoms with E-state index in [2.05, 4.69) is 20.7 Å². The number of nitrogens with one attached hydrogen (secondary N) is 2. The van der Waals surface area contributed by atoms with E-state index in [1.807, 2.05) is 0 Å². The van der Waals surface area contributed by atoms with E-state index in [4.69, 9.17) is 27.9 Å². The van der Waals surface area contributed by atoms with Crippen molar-refractivity contribution in [3.63, 3.8) is 0 Å². The van der Waals surface area contributed by atoms with Crippen molar-refractivity contribution < 1.29 is 4.74 Å². The molecule has 0 amide bonds. The van der Waals surface area contributed by atoms with E-state index in [0.717, 1.165) is 5.69 Å². The maximum Gasteiger partial charge on any atom is 0.223 e. The van der Waals surface area contributed by atoms with E-state index >= 15 is 0 Å². The van der Waals surface area contributed by atoms with Gasteiger partial charge >= 0.3 is 0 Å². The monoisotopic (exact) mass is 280 g/mol. The molecular formula is C11H13ClN6O. The molecule has 0 saturated carbocycles. The maximum absolute atomic E-state index is 6.03. The number of hydrazine groups is 1. The minimum Gasteiger partial charge on any atom is -0.495 e. The first kappa shape index (κ1) is 13.2. The minimum absolute atomic E-state index is 0.109. The second kappa shape index (κ2) is 5.59. The molecule has 0 atom stereocenters. The molecule has 0 aliphatic rings. The van der Waals surface area contributed by atoms with E-state index in [0.29, 0.717) is 22.4 Å². The van der Waals surface area contributed by atoms with Gasteiger partial charge in [-0.05, 0) is 18.2 Å². The number of nitrogen functional groups attached to an aromatic ring is 2. The molecule has 1 aromatic heterocycles. The predicted octanol–water partition coefficient (Wildman–Crippen LogP) is 1.75. The molecule has 8 heteroatoms. The highest BCUT2D eigenvalue weighted by Gasteiger charge is 2.05. The van der Waals surface area contributed by atoms with Crippen LogP contribution in [0.3, 0.4) is 0 Å². The fourth-order valence-corrected chi connectivity index (χ4v) is 1.75. The van der Waals surface area contributed by atoms with Gasteiger partial charge in [0, 0.05) is 11.8 Å². The Morgan fingerprint density at radius 3 is 2.58 bits per heavy atom. The minimum atomic E-state index is 0.109. The third-order valence-corrected chi connectivity index (χ3v) is 2.61. The molecule has 0 bridgehead atoms. The van der Waals surface area contributed by atoms with E-state index in [1.165, 1.54) is 0 Å². The van der Waals surface area contributed by atoms with Crippen molar-refractivity contribution in [2.75, 3.05) is 23.6 Å². The van der Waals surface area contributed by atoms with Gasteiger partial charge in [0.05, 0.1) is 12.1 Å². The third-order valence-electron chi connectivity index (χ3n) is 2.32. The van der Waals surface area contributed by atoms with Crippen LogP contribution in [0.2, 0.25) is 5.02 Å². The van der Waals surface area contributed by atoms with Gasteiger partial charge in [-0.25, -0.2) is 5.84 Å². The van der Waals surface area contributed by atoms with Crippen LogP contribution in [0.5, 0.6) is 5.75 Å². The number of rotatable bonds is 4. The van der Waals surface area contributed by atoms with E-state index < -0.39 is 0 Å². The van der Waals surface area contributed by atoms with Crippen LogP contribution in [0.4, 0.5) is 23.3 Å². The van der Waals surface area contributed by atoms with Crippen LogP contribution in [-0.2, 0) is 0 Å². The Labute approximate surface area is 114 Å². The van der Waals surface area contributed by atoms with Gasteiger partial charge in [0.25, 0.3) is 0 Å². The first-order valence-electron chi connectivity index (χ1n) is 5.34. The van der Waals surface area contributed by atoms with Crippen LogP contribution in [-0.4, -0.2) is 17.1 Å². The molecule has 0 fully saturated rings. The number of halogens is 1. The zero-order chi connectivity index (χ0) is 13.8. The Morgan fingerprint density at radius 1 is 1.21 bits per heavy atom. The molecule has 0 radical (unpaired) electrons. The van der Waals surface area contributed by atoms with Gasteiger partial charge in [0.1, 0.15) is 17.4 Å². The Bertz CT molecular complexity index is 591. The van der Waals surface area contributed by atoms with Crippen molar-refractivity contribution in [3.05, 3.63) is 29.3 Å². The van der Waals surface area contributed by atoms with Crippen LogP contribution < -0.4 is 27.1 Å². The number of nitrogens with two attached hydrogens (primary N) is 2. The van der Waals surface area contributed by atoms with Crippen molar-refractivity contribution in [3.8, 4) is 5.75 Å². The molecule has 2 rings (SSSR count). The Balaban J connectivity index is 2.25. The Kier molecular flexibility index (Phi) is 3.88. The molecule has 2 aromatic rings. The largest absolute Gasteiger partial charge is 0.495 e. The third kappa shape index (κ3) is 3.15. The quantitative estimate of drug-likeness (QED) is 0.499. The number of methoxy groups -OCH3 is 1. The van der Waals surface area contributed by atoms with Crippen LogP contribution >= 0.6 is 11.6 Å². The van der Waals surface area contributed by atoms with Gasteiger partial charge < -0.3 is 21.2 Å². The van der Waals surface area contributed by atoms with E-state index in [-0.39, 0.29) is 5.95 Å². The molecule has 0 saturated heterocycles. The lowest BCUT2D eigenvalue weighted by Gasteiger charge is -2.09. The number of ether oxygens (including phenoxy) is 1. The summed E-state index contributed by atoms with van der Waals surface area (Å²) >= 11 is 6.03. The van der Waals surface area contributed by atoms with Gasteiger partial charge in [-0.1, -0.05) is 11.6 Å². The van der Waals surface area contributed by atoms with Crippen LogP contribution in [0.25, 0.3) is 0 Å². The fraction of sp³-hybridized carbons (Fsp3) is 0.0909. The fourth-order valence-electron chi connectivity index (χ4n) is 1.50. The van der Waals surface area contributed by atoms with Crippen molar-refractivity contribution >= 4 is 34.9 Å². The van der Waals surface area contributed by atoms with E-state index in [1.54, 1.807) is 31.4 Å². The molecule has 7 nitrogen and oxygen atoms in total. The van der Waals surface area contributed by atoms with Crippen molar-refractivity contribution in [2.45, 2.75) is 0 Å². The molecule has 1 aromatic carbocycles. The number of nitrogens with zero attached hydrogens (tertiary/aromatic N) is 2. The summed E-state index contributed by atoms with van der Waals surface area (Å²) in [5.74, 6) is 6.90. The van der Waals surface area contributed by atoms with E-state index in [9.17, 15) is 0 Å². The molecule has 0 aliphatic carbocycles. The highest BCUT2D eigenvalue weighted by atomic mass is 35.5. The smallest absolute Gasteiger partial charge is 0.223 e. The van der Waals surface area contributed by atoms with Crippen molar-refractivity contribution in [1.29, 1.82) is 0 Å². The summed E-state index contributed by atoms with van der Waals surface area (Å²) in [5.41, 5.74) is 8.71. The average molecular weight is 281 g/mol. The summed E-state index contributed by atoms with van der Waals surface area (Å²) in [6, 6.07) is 6.89. The van der Waals surface area contributed by atoms with Gasteiger partial charge in [-0.15, -0.1) is 0 Å². The lowest BCUT2D eigenvalue weighted by molar-refractivity contribution is 0.415. The van der Waals surface area contributed by atoms with Crippen LogP contribution in [0.1, 0.15) is 0 Å². The molecule has 0 aliphatic heterocycles.